The fraction of sp³-hybridized carbons (Fsp3) is 0.469. The Balaban J connectivity index is 1.56. The first-order chi connectivity index (χ1) is 21.6. The van der Waals surface area contributed by atoms with Gasteiger partial charge in [0.25, 0.3) is 0 Å². The molecule has 45 heavy (non-hydrogen) atoms. The van der Waals surface area contributed by atoms with Crippen LogP contribution in [0.15, 0.2) is 48.5 Å². The molecule has 0 aliphatic carbocycles. The third kappa shape index (κ3) is 14.6. The van der Waals surface area contributed by atoms with E-state index in [9.17, 15) is 24.3 Å². The van der Waals surface area contributed by atoms with Crippen molar-refractivity contribution in [2.45, 2.75) is 57.9 Å². The molecule has 2 atom stereocenters. The number of urea groups is 1. The molecule has 3 amide bonds. The number of nitrogens with one attached hydrogen (secondary N) is 5. The largest absolute Gasteiger partial charge is 0.494 e. The predicted molar refractivity (Wildman–Crippen MR) is 171 cm³/mol. The van der Waals surface area contributed by atoms with Gasteiger partial charge < -0.3 is 41.6 Å². The predicted octanol–water partition coefficient (Wildman–Crippen LogP) is 3.02. The third-order valence-electron chi connectivity index (χ3n) is 6.92. The second kappa shape index (κ2) is 20.3. The maximum absolute atomic E-state index is 12.4. The number of carbonyl (C=O) groups excluding carboxylic acids is 3. The number of esters is 1. The van der Waals surface area contributed by atoms with E-state index in [0.29, 0.717) is 68.0 Å². The molecule has 8 N–H and O–H groups in total. The van der Waals surface area contributed by atoms with Gasteiger partial charge >= 0.3 is 18.0 Å². The van der Waals surface area contributed by atoms with Crippen molar-refractivity contribution < 1.29 is 33.8 Å². The molecular weight excluding hydrogens is 580 g/mol. The van der Waals surface area contributed by atoms with Crippen molar-refractivity contribution in [1.29, 1.82) is 5.41 Å². The molecular formula is C32H46N6O7. The van der Waals surface area contributed by atoms with E-state index in [1.807, 2.05) is 7.05 Å². The molecule has 246 valence electrons. The van der Waals surface area contributed by atoms with Crippen LogP contribution in [0.2, 0.25) is 0 Å². The van der Waals surface area contributed by atoms with Gasteiger partial charge in [-0.05, 0) is 101 Å². The Morgan fingerprint density at radius 2 is 1.40 bits per heavy atom. The maximum Gasteiger partial charge on any atom is 0.343 e. The maximum atomic E-state index is 12.4. The van der Waals surface area contributed by atoms with Crippen molar-refractivity contribution >= 4 is 29.7 Å². The molecule has 2 aromatic rings. The normalized spacial score (nSPS) is 12.0. The molecule has 0 fully saturated rings. The lowest BCUT2D eigenvalue weighted by atomic mass is 10.0. The Hall–Kier alpha value is -4.65. The minimum absolute atomic E-state index is 0.0702. The first-order valence-corrected chi connectivity index (χ1v) is 15.2. The minimum Gasteiger partial charge on any atom is -0.494 e. The van der Waals surface area contributed by atoms with Crippen LogP contribution in [0.4, 0.5) is 4.79 Å². The third-order valence-corrected chi connectivity index (χ3v) is 6.92. The summed E-state index contributed by atoms with van der Waals surface area (Å²) in [5.74, 6) is -1.26. The number of amides is 3. The number of nitrogens with two attached hydrogens (primary N) is 1. The van der Waals surface area contributed by atoms with E-state index in [0.717, 1.165) is 19.4 Å². The fourth-order valence-corrected chi connectivity index (χ4v) is 4.21. The van der Waals surface area contributed by atoms with Gasteiger partial charge in [0.05, 0.1) is 12.2 Å². The summed E-state index contributed by atoms with van der Waals surface area (Å²) in [5.41, 5.74) is 6.31. The molecule has 0 aromatic heterocycles. The highest BCUT2D eigenvalue weighted by molar-refractivity contribution is 5.95. The molecule has 13 nitrogen and oxygen atoms in total. The lowest BCUT2D eigenvalue weighted by molar-refractivity contribution is -0.142. The molecule has 0 heterocycles. The Kier molecular flexibility index (Phi) is 16.5. The Labute approximate surface area is 264 Å². The summed E-state index contributed by atoms with van der Waals surface area (Å²) in [5, 5.41) is 28.1. The number of carboxylic acid groups (broad SMARTS) is 1. The number of aliphatic carboxylic acids is 1. The number of ether oxygens (including phenoxy) is 2. The Morgan fingerprint density at radius 1 is 0.822 bits per heavy atom. The van der Waals surface area contributed by atoms with Crippen LogP contribution in [0.25, 0.3) is 0 Å². The van der Waals surface area contributed by atoms with Crippen LogP contribution < -0.4 is 36.5 Å². The van der Waals surface area contributed by atoms with E-state index in [1.54, 1.807) is 55.5 Å². The molecule has 13 heteroatoms. The lowest BCUT2D eigenvalue weighted by Crippen LogP contribution is -2.43. The molecule has 0 spiro atoms. The fourth-order valence-electron chi connectivity index (χ4n) is 4.21. The molecule has 0 aliphatic rings. The van der Waals surface area contributed by atoms with Crippen LogP contribution in [0, 0.1) is 11.3 Å². The van der Waals surface area contributed by atoms with Gasteiger partial charge in [0.2, 0.25) is 5.91 Å². The van der Waals surface area contributed by atoms with E-state index in [4.69, 9.17) is 20.6 Å². The molecule has 2 rings (SSSR count). The summed E-state index contributed by atoms with van der Waals surface area (Å²) in [6.45, 7) is 3.81. The number of carboxylic acids is 1. The van der Waals surface area contributed by atoms with Crippen molar-refractivity contribution in [3.8, 4) is 11.5 Å². The number of unbranched alkanes of at least 4 members (excludes halogenated alkanes) is 2. The lowest BCUT2D eigenvalue weighted by Gasteiger charge is -2.18. The van der Waals surface area contributed by atoms with Gasteiger partial charge in [0, 0.05) is 24.6 Å². The number of nitrogen functional groups attached to an aromatic ring is 1. The van der Waals surface area contributed by atoms with Crippen LogP contribution >= 0.6 is 0 Å². The zero-order valence-electron chi connectivity index (χ0n) is 26.0. The number of hydrogen-bond donors (Lipinski definition) is 7. The molecule has 0 saturated carbocycles. The first-order valence-electron chi connectivity index (χ1n) is 15.2. The Morgan fingerprint density at radius 3 is 2.02 bits per heavy atom. The summed E-state index contributed by atoms with van der Waals surface area (Å²) >= 11 is 0. The zero-order chi connectivity index (χ0) is 33.0. The second-order valence-corrected chi connectivity index (χ2v) is 10.6. The van der Waals surface area contributed by atoms with E-state index in [2.05, 4.69) is 21.3 Å². The number of hydrogen-bond acceptors (Lipinski definition) is 8. The van der Waals surface area contributed by atoms with Gasteiger partial charge in [-0.3, -0.25) is 10.2 Å². The molecule has 0 aliphatic heterocycles. The monoisotopic (exact) mass is 626 g/mol. The van der Waals surface area contributed by atoms with Crippen molar-refractivity contribution in [2.75, 3.05) is 33.3 Å². The van der Waals surface area contributed by atoms with E-state index >= 15 is 0 Å². The smallest absolute Gasteiger partial charge is 0.343 e. The summed E-state index contributed by atoms with van der Waals surface area (Å²) in [6.07, 6.45) is 4.51. The summed E-state index contributed by atoms with van der Waals surface area (Å²) < 4.78 is 11.0. The van der Waals surface area contributed by atoms with Crippen LogP contribution in [-0.4, -0.2) is 74.1 Å². The van der Waals surface area contributed by atoms with E-state index < -0.39 is 18.0 Å². The highest BCUT2D eigenvalue weighted by atomic mass is 16.5. The average Bonchev–Trinajstić information content (AvgIpc) is 3.02. The SMILES string of the molecule is CNCCCCC(C)C(=O)NC(CCCCNC(=O)NCCCOc1ccc(C(=O)Oc2ccc(C(=N)N)cc2)cc1)C(=O)O. The molecule has 0 bridgehead atoms. The van der Waals surface area contributed by atoms with Crippen LogP contribution in [0.3, 0.4) is 0 Å². The van der Waals surface area contributed by atoms with E-state index in [1.165, 1.54) is 0 Å². The standard InChI is InChI=1S/C32H46N6O7/c1-22(8-3-5-18-35-2)29(39)38-27(30(40)41)9-4-6-19-36-32(43)37-20-7-21-44-25-14-12-24(13-15-25)31(42)45-26-16-10-23(11-17-26)28(33)34/h10-17,22,27,35H,3-9,18-21H2,1-2H3,(H3,33,34)(H,38,39)(H,40,41)(H2,36,37,43). The summed E-state index contributed by atoms with van der Waals surface area (Å²) in [7, 11) is 1.88. The van der Waals surface area contributed by atoms with Crippen molar-refractivity contribution in [2.24, 2.45) is 11.7 Å². The highest BCUT2D eigenvalue weighted by Crippen LogP contribution is 2.17. The van der Waals surface area contributed by atoms with Crippen molar-refractivity contribution in [3.63, 3.8) is 0 Å². The quantitative estimate of drug-likeness (QED) is 0.0357. The number of carbonyl (C=O) groups is 4. The average molecular weight is 627 g/mol. The molecule has 2 unspecified atom stereocenters. The minimum atomic E-state index is -1.06. The number of benzene rings is 2. The van der Waals surface area contributed by atoms with Gasteiger partial charge in [-0.25, -0.2) is 14.4 Å². The number of amidine groups is 1. The van der Waals surface area contributed by atoms with E-state index in [-0.39, 0.29) is 30.1 Å². The molecule has 0 saturated heterocycles. The van der Waals surface area contributed by atoms with Crippen molar-refractivity contribution in [3.05, 3.63) is 59.7 Å². The topological polar surface area (TPSA) is 205 Å². The van der Waals surface area contributed by atoms with Gasteiger partial charge in [-0.2, -0.15) is 0 Å². The summed E-state index contributed by atoms with van der Waals surface area (Å²) in [6, 6.07) is 11.5. The van der Waals surface area contributed by atoms with Crippen LogP contribution in [0.1, 0.15) is 67.8 Å². The molecule has 2 aromatic carbocycles. The van der Waals surface area contributed by atoms with Crippen LogP contribution in [-0.2, 0) is 9.59 Å². The van der Waals surface area contributed by atoms with Gasteiger partial charge in [0.1, 0.15) is 23.4 Å². The zero-order valence-corrected chi connectivity index (χ0v) is 26.0. The first kappa shape index (κ1) is 36.5. The Bertz CT molecular complexity index is 1240. The van der Waals surface area contributed by atoms with Crippen molar-refractivity contribution in [1.82, 2.24) is 21.3 Å². The van der Waals surface area contributed by atoms with Crippen LogP contribution in [0.5, 0.6) is 11.5 Å². The number of rotatable bonds is 21. The van der Waals surface area contributed by atoms with Gasteiger partial charge in [-0.15, -0.1) is 0 Å². The molecule has 0 radical (unpaired) electrons. The second-order valence-electron chi connectivity index (χ2n) is 10.6. The van der Waals surface area contributed by atoms with Gasteiger partial charge in [0.15, 0.2) is 0 Å². The highest BCUT2D eigenvalue weighted by Gasteiger charge is 2.22. The summed E-state index contributed by atoms with van der Waals surface area (Å²) in [4.78, 5) is 48.3. The van der Waals surface area contributed by atoms with Gasteiger partial charge in [-0.1, -0.05) is 13.3 Å².